The van der Waals surface area contributed by atoms with Crippen molar-refractivity contribution in [3.05, 3.63) is 69.8 Å². The van der Waals surface area contributed by atoms with Crippen LogP contribution in [0.4, 0.5) is 11.4 Å². The molecule has 0 saturated carbocycles. The Morgan fingerprint density at radius 1 is 1.11 bits per heavy atom. The topological polar surface area (TPSA) is 55.5 Å². The molecule has 0 aliphatic carbocycles. The van der Waals surface area contributed by atoms with Crippen molar-refractivity contribution in [2.75, 3.05) is 0 Å². The lowest BCUT2D eigenvalue weighted by molar-refractivity contribution is -0.385. The minimum absolute atomic E-state index is 0.0633. The van der Waals surface area contributed by atoms with E-state index in [1.165, 1.54) is 12.3 Å². The summed E-state index contributed by atoms with van der Waals surface area (Å²) in [6.07, 6.45) is 1.52. The Morgan fingerprint density at radius 3 is 2.44 bits per heavy atom. The standard InChI is InChI=1S/C14H12N2O2/c1-11-6-8-13(9-7-11)15-10-12-4-2-3-5-14(12)16(17)18/h2-10H,1H3. The highest BCUT2D eigenvalue weighted by Gasteiger charge is 2.09. The lowest BCUT2D eigenvalue weighted by atomic mass is 10.2. The normalized spacial score (nSPS) is 10.7. The van der Waals surface area contributed by atoms with Crippen molar-refractivity contribution in [1.82, 2.24) is 0 Å². The van der Waals surface area contributed by atoms with E-state index in [9.17, 15) is 10.1 Å². The fourth-order valence-electron chi connectivity index (χ4n) is 1.54. The smallest absolute Gasteiger partial charge is 0.258 e. The summed E-state index contributed by atoms with van der Waals surface area (Å²) < 4.78 is 0. The van der Waals surface area contributed by atoms with Gasteiger partial charge in [-0.3, -0.25) is 15.1 Å². The highest BCUT2D eigenvalue weighted by Crippen LogP contribution is 2.17. The number of nitro benzene ring substituents is 1. The number of aliphatic imine (C=N–C) groups is 1. The van der Waals surface area contributed by atoms with Crippen molar-refractivity contribution < 1.29 is 4.92 Å². The van der Waals surface area contributed by atoms with Crippen molar-refractivity contribution in [2.24, 2.45) is 4.99 Å². The summed E-state index contributed by atoms with van der Waals surface area (Å²) in [7, 11) is 0. The summed E-state index contributed by atoms with van der Waals surface area (Å²) >= 11 is 0. The maximum Gasteiger partial charge on any atom is 0.278 e. The van der Waals surface area contributed by atoms with Gasteiger partial charge in [0.05, 0.1) is 16.2 Å². The molecule has 0 unspecified atom stereocenters. The number of rotatable bonds is 3. The molecule has 4 heteroatoms. The predicted octanol–water partition coefficient (Wildman–Crippen LogP) is 3.65. The van der Waals surface area contributed by atoms with Crippen LogP contribution in [0, 0.1) is 17.0 Å². The molecule has 90 valence electrons. The van der Waals surface area contributed by atoms with Crippen molar-refractivity contribution in [3.63, 3.8) is 0 Å². The van der Waals surface area contributed by atoms with Gasteiger partial charge in [-0.1, -0.05) is 29.8 Å². The van der Waals surface area contributed by atoms with Crippen LogP contribution < -0.4 is 0 Å². The number of para-hydroxylation sites is 1. The van der Waals surface area contributed by atoms with E-state index in [4.69, 9.17) is 0 Å². The van der Waals surface area contributed by atoms with Gasteiger partial charge in [0.2, 0.25) is 0 Å². The molecule has 2 aromatic rings. The van der Waals surface area contributed by atoms with E-state index in [0.29, 0.717) is 5.56 Å². The first-order valence-electron chi connectivity index (χ1n) is 5.51. The van der Waals surface area contributed by atoms with E-state index in [0.717, 1.165) is 11.3 Å². The molecule has 18 heavy (non-hydrogen) atoms. The van der Waals surface area contributed by atoms with Crippen LogP contribution in [-0.4, -0.2) is 11.1 Å². The molecule has 4 nitrogen and oxygen atoms in total. The highest BCUT2D eigenvalue weighted by atomic mass is 16.6. The van der Waals surface area contributed by atoms with Gasteiger partial charge in [-0.2, -0.15) is 0 Å². The molecule has 2 aromatic carbocycles. The molecule has 0 bridgehead atoms. The van der Waals surface area contributed by atoms with Crippen molar-refractivity contribution in [3.8, 4) is 0 Å². The van der Waals surface area contributed by atoms with E-state index in [2.05, 4.69) is 4.99 Å². The van der Waals surface area contributed by atoms with Crippen LogP contribution in [0.5, 0.6) is 0 Å². The Balaban J connectivity index is 2.29. The first-order valence-corrected chi connectivity index (χ1v) is 5.51. The van der Waals surface area contributed by atoms with Crippen LogP contribution in [0.25, 0.3) is 0 Å². The molecule has 0 fully saturated rings. The van der Waals surface area contributed by atoms with Gasteiger partial charge in [-0.15, -0.1) is 0 Å². The van der Waals surface area contributed by atoms with Crippen LogP contribution in [0.1, 0.15) is 11.1 Å². The van der Waals surface area contributed by atoms with Crippen LogP contribution in [0.3, 0.4) is 0 Å². The van der Waals surface area contributed by atoms with E-state index < -0.39 is 4.92 Å². The van der Waals surface area contributed by atoms with Gasteiger partial charge in [-0.05, 0) is 25.1 Å². The number of hydrogen-bond donors (Lipinski definition) is 0. The largest absolute Gasteiger partial charge is 0.278 e. The monoisotopic (exact) mass is 240 g/mol. The van der Waals surface area contributed by atoms with E-state index in [1.807, 2.05) is 31.2 Å². The summed E-state index contributed by atoms with van der Waals surface area (Å²) in [5.41, 5.74) is 2.50. The average molecular weight is 240 g/mol. The lowest BCUT2D eigenvalue weighted by Crippen LogP contribution is -1.93. The highest BCUT2D eigenvalue weighted by molar-refractivity contribution is 5.86. The van der Waals surface area contributed by atoms with Crippen LogP contribution in [-0.2, 0) is 0 Å². The number of aryl methyl sites for hydroxylation is 1. The van der Waals surface area contributed by atoms with Gasteiger partial charge in [0.25, 0.3) is 5.69 Å². The zero-order valence-electron chi connectivity index (χ0n) is 9.91. The van der Waals surface area contributed by atoms with Gasteiger partial charge in [0.1, 0.15) is 0 Å². The summed E-state index contributed by atoms with van der Waals surface area (Å²) in [6, 6.07) is 14.2. The fraction of sp³-hybridized carbons (Fsp3) is 0.0714. The first-order chi connectivity index (χ1) is 8.66. The second kappa shape index (κ2) is 5.23. The number of benzene rings is 2. The second-order valence-electron chi connectivity index (χ2n) is 3.91. The lowest BCUT2D eigenvalue weighted by Gasteiger charge is -1.97. The minimum Gasteiger partial charge on any atom is -0.258 e. The molecule has 0 aromatic heterocycles. The Hall–Kier alpha value is -2.49. The molecule has 0 amide bonds. The van der Waals surface area contributed by atoms with Crippen LogP contribution >= 0.6 is 0 Å². The Morgan fingerprint density at radius 2 is 1.78 bits per heavy atom. The molecule has 2 rings (SSSR count). The summed E-state index contributed by atoms with van der Waals surface area (Å²) in [5, 5.41) is 10.8. The van der Waals surface area contributed by atoms with Gasteiger partial charge >= 0.3 is 0 Å². The molecule has 0 saturated heterocycles. The van der Waals surface area contributed by atoms with E-state index in [-0.39, 0.29) is 5.69 Å². The Labute approximate surface area is 105 Å². The molecular weight excluding hydrogens is 228 g/mol. The summed E-state index contributed by atoms with van der Waals surface area (Å²) in [5.74, 6) is 0. The third kappa shape index (κ3) is 2.79. The summed E-state index contributed by atoms with van der Waals surface area (Å²) in [4.78, 5) is 14.6. The quantitative estimate of drug-likeness (QED) is 0.467. The first kappa shape index (κ1) is 12.0. The van der Waals surface area contributed by atoms with Gasteiger partial charge in [0, 0.05) is 12.3 Å². The van der Waals surface area contributed by atoms with Crippen molar-refractivity contribution >= 4 is 17.6 Å². The molecule has 0 aliphatic rings. The third-order valence-electron chi connectivity index (χ3n) is 2.52. The Kier molecular flexibility index (Phi) is 3.48. The maximum absolute atomic E-state index is 10.8. The zero-order chi connectivity index (χ0) is 13.0. The molecular formula is C14H12N2O2. The predicted molar refractivity (Wildman–Crippen MR) is 71.5 cm³/mol. The van der Waals surface area contributed by atoms with Gasteiger partial charge in [-0.25, -0.2) is 0 Å². The number of nitrogens with zero attached hydrogens (tertiary/aromatic N) is 2. The SMILES string of the molecule is Cc1ccc(N=Cc2ccccc2[N+](=O)[O-])cc1. The van der Waals surface area contributed by atoms with E-state index in [1.54, 1.807) is 18.2 Å². The molecule has 0 spiro atoms. The fourth-order valence-corrected chi connectivity index (χ4v) is 1.54. The second-order valence-corrected chi connectivity index (χ2v) is 3.91. The van der Waals surface area contributed by atoms with Gasteiger partial charge in [0.15, 0.2) is 0 Å². The van der Waals surface area contributed by atoms with Crippen molar-refractivity contribution in [1.29, 1.82) is 0 Å². The Bertz CT molecular complexity index is 589. The maximum atomic E-state index is 10.8. The minimum atomic E-state index is -0.406. The molecule has 0 heterocycles. The van der Waals surface area contributed by atoms with Crippen LogP contribution in [0.2, 0.25) is 0 Å². The number of nitro groups is 1. The number of hydrogen-bond acceptors (Lipinski definition) is 3. The average Bonchev–Trinajstić information content (AvgIpc) is 2.38. The van der Waals surface area contributed by atoms with Gasteiger partial charge < -0.3 is 0 Å². The summed E-state index contributed by atoms with van der Waals surface area (Å²) in [6.45, 7) is 2.00. The van der Waals surface area contributed by atoms with Crippen LogP contribution in [0.15, 0.2) is 53.5 Å². The third-order valence-corrected chi connectivity index (χ3v) is 2.52. The zero-order valence-corrected chi connectivity index (χ0v) is 9.91. The molecule has 0 aliphatic heterocycles. The molecule has 0 atom stereocenters. The molecule has 0 N–H and O–H groups in total. The van der Waals surface area contributed by atoms with Crippen molar-refractivity contribution in [2.45, 2.75) is 6.92 Å². The van der Waals surface area contributed by atoms with E-state index >= 15 is 0 Å². The molecule has 0 radical (unpaired) electrons.